The number of aromatic nitrogens is 1. The predicted octanol–water partition coefficient (Wildman–Crippen LogP) is 0.602. The monoisotopic (exact) mass is 364 g/mol. The fraction of sp³-hybridized carbons (Fsp3) is 0.643. The molecule has 2 heterocycles. The summed E-state index contributed by atoms with van der Waals surface area (Å²) in [6, 6.07) is 1.37. The van der Waals surface area contributed by atoms with Gasteiger partial charge in [0.25, 0.3) is 5.91 Å². The number of nitrogens with one attached hydrogen (secondary N) is 2. The normalized spacial score (nSPS) is 20.7. The molecule has 0 spiro atoms. The van der Waals surface area contributed by atoms with Crippen molar-refractivity contribution >= 4 is 28.3 Å². The van der Waals surface area contributed by atoms with Gasteiger partial charge in [0.2, 0.25) is 10.0 Å². The van der Waals surface area contributed by atoms with E-state index in [1.54, 1.807) is 7.05 Å². The van der Waals surface area contributed by atoms with Crippen LogP contribution >= 0.6 is 12.4 Å². The van der Waals surface area contributed by atoms with Crippen molar-refractivity contribution in [2.24, 2.45) is 18.2 Å². The maximum atomic E-state index is 12.4. The Kier molecular flexibility index (Phi) is 6.25. The topological polar surface area (TPSA) is 106 Å². The van der Waals surface area contributed by atoms with Gasteiger partial charge in [-0.05, 0) is 30.9 Å². The van der Waals surface area contributed by atoms with Crippen LogP contribution in [0, 0.1) is 5.41 Å². The smallest absolute Gasteiger partial charge is 0.265 e. The van der Waals surface area contributed by atoms with E-state index in [0.717, 1.165) is 19.4 Å². The second-order valence-electron chi connectivity index (χ2n) is 6.49. The van der Waals surface area contributed by atoms with E-state index in [4.69, 9.17) is 5.73 Å². The number of carbonyl (C=O) groups is 1. The van der Waals surface area contributed by atoms with Gasteiger partial charge in [-0.2, -0.15) is 0 Å². The molecule has 1 aliphatic heterocycles. The summed E-state index contributed by atoms with van der Waals surface area (Å²) in [6.07, 6.45) is 3.54. The molecular formula is C14H25ClN4O3S. The Hall–Kier alpha value is -1.09. The Morgan fingerprint density at radius 2 is 2.17 bits per heavy atom. The van der Waals surface area contributed by atoms with E-state index >= 15 is 0 Å². The third-order valence-corrected chi connectivity index (χ3v) is 5.74. The maximum absolute atomic E-state index is 12.4. The van der Waals surface area contributed by atoms with Crippen LogP contribution in [0.4, 0.5) is 0 Å². The van der Waals surface area contributed by atoms with Crippen LogP contribution in [0.15, 0.2) is 17.2 Å². The highest BCUT2D eigenvalue weighted by atomic mass is 35.5. The molecule has 7 nitrogen and oxygen atoms in total. The SMILES string of the molecule is Cl.Cn1cc(S(=O)(=O)NCC2NCCCC2(C)C)cc1C(N)=O. The number of rotatable bonds is 5. The summed E-state index contributed by atoms with van der Waals surface area (Å²) in [4.78, 5) is 11.3. The minimum Gasteiger partial charge on any atom is -0.364 e. The van der Waals surface area contributed by atoms with Crippen LogP contribution in [0.1, 0.15) is 37.2 Å². The Labute approximate surface area is 143 Å². The van der Waals surface area contributed by atoms with Crippen molar-refractivity contribution in [1.82, 2.24) is 14.6 Å². The van der Waals surface area contributed by atoms with E-state index in [2.05, 4.69) is 23.9 Å². The van der Waals surface area contributed by atoms with Crippen LogP contribution in [-0.4, -0.2) is 38.0 Å². The molecule has 0 saturated carbocycles. The summed E-state index contributed by atoms with van der Waals surface area (Å²) < 4.78 is 28.8. The second kappa shape index (κ2) is 7.21. The standard InChI is InChI=1S/C14H24N4O3S.ClH/c1-14(2)5-4-6-16-12(14)8-17-22(20,21)10-7-11(13(15)19)18(3)9-10;/h7,9,12,16-17H,4-6,8H2,1-3H3,(H2,15,19);1H. The summed E-state index contributed by atoms with van der Waals surface area (Å²) in [5, 5.41) is 3.36. The van der Waals surface area contributed by atoms with Crippen molar-refractivity contribution in [3.8, 4) is 0 Å². The van der Waals surface area contributed by atoms with E-state index in [1.165, 1.54) is 16.8 Å². The van der Waals surface area contributed by atoms with Crippen LogP contribution in [0.25, 0.3) is 0 Å². The molecule has 0 aliphatic carbocycles. The second-order valence-corrected chi connectivity index (χ2v) is 8.25. The molecule has 1 aliphatic rings. The van der Waals surface area contributed by atoms with Gasteiger partial charge in [0.1, 0.15) is 10.6 Å². The molecule has 4 N–H and O–H groups in total. The minimum atomic E-state index is -3.66. The van der Waals surface area contributed by atoms with E-state index in [1.807, 2.05) is 0 Å². The highest BCUT2D eigenvalue weighted by molar-refractivity contribution is 7.89. The average molecular weight is 365 g/mol. The van der Waals surface area contributed by atoms with E-state index < -0.39 is 15.9 Å². The van der Waals surface area contributed by atoms with Crippen LogP contribution in [0.2, 0.25) is 0 Å². The maximum Gasteiger partial charge on any atom is 0.265 e. The zero-order chi connectivity index (χ0) is 16.5. The lowest BCUT2D eigenvalue weighted by Crippen LogP contribution is -2.52. The lowest BCUT2D eigenvalue weighted by atomic mass is 9.78. The molecule has 1 atom stereocenters. The molecule has 0 bridgehead atoms. The van der Waals surface area contributed by atoms with Gasteiger partial charge in [0.15, 0.2) is 0 Å². The minimum absolute atomic E-state index is 0. The zero-order valence-corrected chi connectivity index (χ0v) is 15.3. The molecule has 9 heteroatoms. The average Bonchev–Trinajstić information content (AvgIpc) is 2.80. The van der Waals surface area contributed by atoms with Gasteiger partial charge >= 0.3 is 0 Å². The Morgan fingerprint density at radius 1 is 1.52 bits per heavy atom. The lowest BCUT2D eigenvalue weighted by Gasteiger charge is -2.39. The molecular weight excluding hydrogens is 340 g/mol. The van der Waals surface area contributed by atoms with Crippen molar-refractivity contribution in [3.63, 3.8) is 0 Å². The quantitative estimate of drug-likeness (QED) is 0.711. The highest BCUT2D eigenvalue weighted by Gasteiger charge is 2.33. The third-order valence-electron chi connectivity index (χ3n) is 4.35. The van der Waals surface area contributed by atoms with E-state index in [-0.39, 0.29) is 34.5 Å². The number of sulfonamides is 1. The molecule has 1 amide bonds. The third kappa shape index (κ3) is 4.47. The van der Waals surface area contributed by atoms with Crippen molar-refractivity contribution in [1.29, 1.82) is 0 Å². The van der Waals surface area contributed by atoms with Crippen LogP contribution in [-0.2, 0) is 17.1 Å². The first-order valence-corrected chi connectivity index (χ1v) is 8.81. The van der Waals surface area contributed by atoms with Gasteiger partial charge < -0.3 is 15.6 Å². The van der Waals surface area contributed by atoms with Gasteiger partial charge in [-0.3, -0.25) is 4.79 Å². The van der Waals surface area contributed by atoms with Crippen LogP contribution < -0.4 is 15.8 Å². The number of hydrogen-bond donors (Lipinski definition) is 3. The zero-order valence-electron chi connectivity index (χ0n) is 13.6. The summed E-state index contributed by atoms with van der Waals surface area (Å²) in [6.45, 7) is 5.47. The van der Waals surface area contributed by atoms with Crippen LogP contribution in [0.5, 0.6) is 0 Å². The van der Waals surface area contributed by atoms with Crippen molar-refractivity contribution in [2.45, 2.75) is 37.6 Å². The van der Waals surface area contributed by atoms with Crippen molar-refractivity contribution in [2.75, 3.05) is 13.1 Å². The molecule has 23 heavy (non-hydrogen) atoms. The Balaban J connectivity index is 0.00000264. The van der Waals surface area contributed by atoms with Gasteiger partial charge in [-0.1, -0.05) is 13.8 Å². The highest BCUT2D eigenvalue weighted by Crippen LogP contribution is 2.29. The van der Waals surface area contributed by atoms with Gasteiger partial charge in [-0.15, -0.1) is 12.4 Å². The molecule has 1 aromatic rings. The first-order valence-electron chi connectivity index (χ1n) is 7.33. The largest absolute Gasteiger partial charge is 0.364 e. The number of aryl methyl sites for hydroxylation is 1. The molecule has 1 aromatic heterocycles. The molecule has 1 fully saturated rings. The van der Waals surface area contributed by atoms with E-state index in [0.29, 0.717) is 6.54 Å². The molecule has 1 saturated heterocycles. The number of amides is 1. The first-order chi connectivity index (χ1) is 10.1. The summed E-state index contributed by atoms with van der Waals surface area (Å²) >= 11 is 0. The molecule has 2 rings (SSSR count). The summed E-state index contributed by atoms with van der Waals surface area (Å²) in [5.41, 5.74) is 5.41. The van der Waals surface area contributed by atoms with E-state index in [9.17, 15) is 13.2 Å². The number of nitrogens with two attached hydrogens (primary N) is 1. The number of halogens is 1. The Bertz CT molecular complexity index is 670. The number of hydrogen-bond acceptors (Lipinski definition) is 4. The lowest BCUT2D eigenvalue weighted by molar-refractivity contribution is 0.0992. The summed E-state index contributed by atoms with van der Waals surface area (Å²) in [5.74, 6) is -0.654. The molecule has 0 aromatic carbocycles. The van der Waals surface area contributed by atoms with Gasteiger partial charge in [-0.25, -0.2) is 13.1 Å². The van der Waals surface area contributed by atoms with Gasteiger partial charge in [0, 0.05) is 25.8 Å². The number of piperidine rings is 1. The van der Waals surface area contributed by atoms with Crippen LogP contribution in [0.3, 0.4) is 0 Å². The fourth-order valence-corrected chi connectivity index (χ4v) is 3.94. The van der Waals surface area contributed by atoms with Gasteiger partial charge in [0.05, 0.1) is 0 Å². The number of primary amides is 1. The van der Waals surface area contributed by atoms with Crippen molar-refractivity contribution in [3.05, 3.63) is 18.0 Å². The first kappa shape index (κ1) is 20.0. The number of carbonyl (C=O) groups excluding carboxylic acids is 1. The molecule has 1 unspecified atom stereocenters. The summed E-state index contributed by atoms with van der Waals surface area (Å²) in [7, 11) is -2.08. The molecule has 0 radical (unpaired) electrons. The van der Waals surface area contributed by atoms with Crippen molar-refractivity contribution < 1.29 is 13.2 Å². The predicted molar refractivity (Wildman–Crippen MR) is 91.2 cm³/mol. The molecule has 132 valence electrons. The fourth-order valence-electron chi connectivity index (χ4n) is 2.82. The number of nitrogens with zero attached hydrogens (tertiary/aromatic N) is 1. The Morgan fingerprint density at radius 3 is 2.70 bits per heavy atom.